The zero-order valence-corrected chi connectivity index (χ0v) is 12.8. The molecule has 0 saturated carbocycles. The summed E-state index contributed by atoms with van der Waals surface area (Å²) in [5, 5.41) is 2.69. The van der Waals surface area contributed by atoms with Crippen LogP contribution in [0.25, 0.3) is 0 Å². The predicted molar refractivity (Wildman–Crippen MR) is 81.3 cm³/mol. The van der Waals surface area contributed by atoms with Gasteiger partial charge in [-0.3, -0.25) is 4.79 Å². The third-order valence-corrected chi connectivity index (χ3v) is 3.62. The van der Waals surface area contributed by atoms with Crippen LogP contribution in [0.5, 0.6) is 0 Å². The van der Waals surface area contributed by atoms with Crippen molar-refractivity contribution in [2.75, 3.05) is 0 Å². The Morgan fingerprint density at radius 1 is 1.20 bits per heavy atom. The molecule has 20 heavy (non-hydrogen) atoms. The number of halogens is 3. The van der Waals surface area contributed by atoms with Crippen LogP contribution < -0.4 is 5.32 Å². The van der Waals surface area contributed by atoms with Gasteiger partial charge in [0, 0.05) is 28.0 Å². The summed E-state index contributed by atoms with van der Waals surface area (Å²) in [7, 11) is 0. The van der Waals surface area contributed by atoms with E-state index in [2.05, 4.69) is 21.2 Å². The molecule has 0 unspecified atom stereocenters. The number of hydrogen-bond acceptors (Lipinski definition) is 1. The van der Waals surface area contributed by atoms with Crippen molar-refractivity contribution in [3.05, 3.63) is 69.4 Å². The number of nitrogens with one attached hydrogen (secondary N) is 1. The number of alkyl halides is 1. The molecule has 1 amide bonds. The number of benzene rings is 2. The monoisotopic (exact) mass is 355 g/mol. The van der Waals surface area contributed by atoms with E-state index in [1.54, 1.807) is 36.4 Å². The van der Waals surface area contributed by atoms with E-state index in [-0.39, 0.29) is 18.3 Å². The van der Waals surface area contributed by atoms with Crippen LogP contribution in [0.4, 0.5) is 4.39 Å². The topological polar surface area (TPSA) is 29.1 Å². The van der Waals surface area contributed by atoms with Gasteiger partial charge < -0.3 is 5.32 Å². The molecule has 2 aromatic carbocycles. The van der Waals surface area contributed by atoms with Crippen LogP contribution in [0.2, 0.25) is 0 Å². The lowest BCUT2D eigenvalue weighted by Gasteiger charge is -2.07. The van der Waals surface area contributed by atoms with Crippen LogP contribution in [0.15, 0.2) is 46.9 Å². The predicted octanol–water partition coefficient (Wildman–Crippen LogP) is 4.26. The molecule has 0 aliphatic carbocycles. The maximum Gasteiger partial charge on any atom is 0.251 e. The van der Waals surface area contributed by atoms with Gasteiger partial charge in [-0.1, -0.05) is 28.1 Å². The molecule has 0 atom stereocenters. The first kappa shape index (κ1) is 15.0. The molecule has 104 valence electrons. The minimum absolute atomic E-state index is 0.140. The second-order valence-corrected chi connectivity index (χ2v) is 5.43. The summed E-state index contributed by atoms with van der Waals surface area (Å²) in [6, 6.07) is 11.6. The highest BCUT2D eigenvalue weighted by Crippen LogP contribution is 2.15. The van der Waals surface area contributed by atoms with Crippen LogP contribution in [0, 0.1) is 5.82 Å². The highest BCUT2D eigenvalue weighted by molar-refractivity contribution is 9.10. The first-order chi connectivity index (χ1) is 9.60. The zero-order chi connectivity index (χ0) is 14.5. The van der Waals surface area contributed by atoms with Gasteiger partial charge in [0.05, 0.1) is 0 Å². The fourth-order valence-electron chi connectivity index (χ4n) is 1.70. The Morgan fingerprint density at radius 2 is 1.90 bits per heavy atom. The van der Waals surface area contributed by atoms with Crippen molar-refractivity contribution in [2.24, 2.45) is 0 Å². The van der Waals surface area contributed by atoms with Gasteiger partial charge in [-0.15, -0.1) is 11.6 Å². The van der Waals surface area contributed by atoms with Crippen molar-refractivity contribution in [3.63, 3.8) is 0 Å². The van der Waals surface area contributed by atoms with E-state index in [4.69, 9.17) is 11.6 Å². The second kappa shape index (κ2) is 6.86. The van der Waals surface area contributed by atoms with Gasteiger partial charge in [-0.25, -0.2) is 4.39 Å². The van der Waals surface area contributed by atoms with Crippen molar-refractivity contribution < 1.29 is 9.18 Å². The van der Waals surface area contributed by atoms with Crippen LogP contribution >= 0.6 is 27.5 Å². The van der Waals surface area contributed by atoms with E-state index < -0.39 is 0 Å². The molecule has 0 heterocycles. The Hall–Kier alpha value is -1.39. The molecular weight excluding hydrogens is 345 g/mol. The summed E-state index contributed by atoms with van der Waals surface area (Å²) in [5.41, 5.74) is 1.90. The lowest BCUT2D eigenvalue weighted by Crippen LogP contribution is -2.23. The van der Waals surface area contributed by atoms with E-state index in [1.807, 2.05) is 0 Å². The van der Waals surface area contributed by atoms with Crippen molar-refractivity contribution in [2.45, 2.75) is 12.4 Å². The van der Waals surface area contributed by atoms with Gasteiger partial charge in [-0.05, 0) is 35.9 Å². The van der Waals surface area contributed by atoms with Crippen LogP contribution in [0.1, 0.15) is 21.5 Å². The molecule has 0 saturated heterocycles. The second-order valence-electron chi connectivity index (χ2n) is 4.25. The standard InChI is InChI=1S/C15H12BrClFNO/c16-13-5-6-14(18)12(7-13)9-19-15(20)11-3-1-10(8-17)2-4-11/h1-7H,8-9H2,(H,19,20). The molecular formula is C15H12BrClFNO. The molecule has 2 aromatic rings. The average Bonchev–Trinajstić information content (AvgIpc) is 2.48. The summed E-state index contributed by atoms with van der Waals surface area (Å²) in [6.07, 6.45) is 0. The summed E-state index contributed by atoms with van der Waals surface area (Å²) in [5.74, 6) is -0.179. The molecule has 2 nitrogen and oxygen atoms in total. The van der Waals surface area contributed by atoms with Gasteiger partial charge in [0.1, 0.15) is 5.82 Å². The van der Waals surface area contributed by atoms with E-state index in [1.165, 1.54) is 6.07 Å². The van der Waals surface area contributed by atoms with Crippen molar-refractivity contribution in [1.29, 1.82) is 0 Å². The Bertz CT molecular complexity index is 616. The van der Waals surface area contributed by atoms with E-state index in [0.717, 1.165) is 10.0 Å². The quantitative estimate of drug-likeness (QED) is 0.815. The van der Waals surface area contributed by atoms with Gasteiger partial charge >= 0.3 is 0 Å². The van der Waals surface area contributed by atoms with Gasteiger partial charge in [0.25, 0.3) is 5.91 Å². The molecule has 1 N–H and O–H groups in total. The first-order valence-corrected chi connectivity index (χ1v) is 7.30. The lowest BCUT2D eigenvalue weighted by atomic mass is 10.1. The summed E-state index contributed by atoms with van der Waals surface area (Å²) in [4.78, 5) is 11.9. The number of carbonyl (C=O) groups excluding carboxylic acids is 1. The third-order valence-electron chi connectivity index (χ3n) is 2.82. The summed E-state index contributed by atoms with van der Waals surface area (Å²) in [6.45, 7) is 0.140. The number of amides is 1. The minimum atomic E-state index is -0.342. The first-order valence-electron chi connectivity index (χ1n) is 5.97. The lowest BCUT2D eigenvalue weighted by molar-refractivity contribution is 0.0950. The smallest absolute Gasteiger partial charge is 0.251 e. The van der Waals surface area contributed by atoms with Crippen molar-refractivity contribution >= 4 is 33.4 Å². The number of carbonyl (C=O) groups is 1. The van der Waals surface area contributed by atoms with Crippen LogP contribution in [-0.4, -0.2) is 5.91 Å². The van der Waals surface area contributed by atoms with E-state index in [0.29, 0.717) is 17.0 Å². The Balaban J connectivity index is 2.02. The normalized spacial score (nSPS) is 10.3. The number of hydrogen-bond donors (Lipinski definition) is 1. The Morgan fingerprint density at radius 3 is 2.55 bits per heavy atom. The molecule has 0 fully saturated rings. The molecule has 0 aliphatic heterocycles. The van der Waals surface area contributed by atoms with Gasteiger partial charge in [-0.2, -0.15) is 0 Å². The molecule has 5 heteroatoms. The third kappa shape index (κ3) is 3.81. The summed E-state index contributed by atoms with van der Waals surface area (Å²) < 4.78 is 14.3. The van der Waals surface area contributed by atoms with Crippen molar-refractivity contribution in [1.82, 2.24) is 5.32 Å². The maximum absolute atomic E-state index is 13.5. The van der Waals surface area contributed by atoms with Crippen molar-refractivity contribution in [3.8, 4) is 0 Å². The van der Waals surface area contributed by atoms with Crippen LogP contribution in [0.3, 0.4) is 0 Å². The van der Waals surface area contributed by atoms with Crippen LogP contribution in [-0.2, 0) is 12.4 Å². The average molecular weight is 357 g/mol. The Kier molecular flexibility index (Phi) is 5.15. The number of rotatable bonds is 4. The zero-order valence-electron chi connectivity index (χ0n) is 10.5. The SMILES string of the molecule is O=C(NCc1cc(Br)ccc1F)c1ccc(CCl)cc1. The fraction of sp³-hybridized carbons (Fsp3) is 0.133. The molecule has 0 spiro atoms. The fourth-order valence-corrected chi connectivity index (χ4v) is 2.29. The molecule has 0 aromatic heterocycles. The maximum atomic E-state index is 13.5. The highest BCUT2D eigenvalue weighted by Gasteiger charge is 2.08. The molecule has 0 bridgehead atoms. The molecule has 0 radical (unpaired) electrons. The summed E-state index contributed by atoms with van der Waals surface area (Å²) >= 11 is 8.96. The van der Waals surface area contributed by atoms with E-state index >= 15 is 0 Å². The molecule has 2 rings (SSSR count). The van der Waals surface area contributed by atoms with E-state index in [9.17, 15) is 9.18 Å². The Labute approximate surface area is 130 Å². The van der Waals surface area contributed by atoms with Gasteiger partial charge in [0.15, 0.2) is 0 Å². The molecule has 0 aliphatic rings. The minimum Gasteiger partial charge on any atom is -0.348 e. The highest BCUT2D eigenvalue weighted by atomic mass is 79.9. The van der Waals surface area contributed by atoms with Gasteiger partial charge in [0.2, 0.25) is 0 Å². The largest absolute Gasteiger partial charge is 0.348 e.